The predicted octanol–water partition coefficient (Wildman–Crippen LogP) is 15.5. The Kier molecular flexibility index (Phi) is 42.3. The van der Waals surface area contributed by atoms with Gasteiger partial charge in [-0.15, -0.1) is 0 Å². The van der Waals surface area contributed by atoms with E-state index < -0.39 is 6.10 Å². The molecule has 0 N–H and O–H groups in total. The van der Waals surface area contributed by atoms with Gasteiger partial charge in [0.25, 0.3) is 0 Å². The number of esters is 3. The Morgan fingerprint density at radius 3 is 0.945 bits per heavy atom. The van der Waals surface area contributed by atoms with Gasteiger partial charge in [-0.25, -0.2) is 0 Å². The molecule has 0 aliphatic carbocycles. The third kappa shape index (κ3) is 41.9. The Morgan fingerprint density at radius 1 is 0.364 bits per heavy atom. The van der Waals surface area contributed by atoms with E-state index in [1.807, 2.05) is 0 Å². The van der Waals surface area contributed by atoms with Crippen LogP contribution in [-0.4, -0.2) is 37.2 Å². The molecule has 0 aromatic rings. The molecule has 0 aromatic heterocycles. The van der Waals surface area contributed by atoms with E-state index in [4.69, 9.17) is 14.2 Å². The van der Waals surface area contributed by atoms with Gasteiger partial charge in [0.1, 0.15) is 13.2 Å². The van der Waals surface area contributed by atoms with Crippen LogP contribution in [0.5, 0.6) is 0 Å². The lowest BCUT2D eigenvalue weighted by Crippen LogP contribution is -2.30. The van der Waals surface area contributed by atoms with E-state index in [0.29, 0.717) is 19.3 Å². The average Bonchev–Trinajstić information content (AvgIpc) is 3.18. The molecule has 0 amide bonds. The molecule has 0 rings (SSSR count). The van der Waals surface area contributed by atoms with Crippen molar-refractivity contribution < 1.29 is 28.6 Å². The zero-order valence-corrected chi connectivity index (χ0v) is 37.4. The summed E-state index contributed by atoms with van der Waals surface area (Å²) in [5.41, 5.74) is 0. The fourth-order valence-electron chi connectivity index (χ4n) is 7.30. The molecule has 55 heavy (non-hydrogen) atoms. The minimum atomic E-state index is -0.760. The lowest BCUT2D eigenvalue weighted by Gasteiger charge is -2.18. The van der Waals surface area contributed by atoms with Gasteiger partial charge in [0.15, 0.2) is 6.10 Å². The summed E-state index contributed by atoms with van der Waals surface area (Å²) in [4.78, 5) is 37.8. The highest BCUT2D eigenvalue weighted by molar-refractivity contribution is 5.71. The number of hydrogen-bond acceptors (Lipinski definition) is 6. The van der Waals surface area contributed by atoms with E-state index in [-0.39, 0.29) is 31.1 Å². The van der Waals surface area contributed by atoms with Crippen molar-refractivity contribution in [2.45, 2.75) is 278 Å². The van der Waals surface area contributed by atoms with E-state index >= 15 is 0 Å². The van der Waals surface area contributed by atoms with Crippen LogP contribution in [-0.2, 0) is 28.6 Å². The summed E-state index contributed by atoms with van der Waals surface area (Å²) in [7, 11) is 0. The lowest BCUT2D eigenvalue weighted by molar-refractivity contribution is -0.167. The maximum Gasteiger partial charge on any atom is 0.306 e. The Labute approximate surface area is 342 Å². The minimum absolute atomic E-state index is 0.0636. The first-order valence-corrected chi connectivity index (χ1v) is 24.4. The van der Waals surface area contributed by atoms with Crippen molar-refractivity contribution >= 4 is 17.9 Å². The van der Waals surface area contributed by atoms with Crippen molar-refractivity contribution in [2.75, 3.05) is 13.2 Å². The van der Waals surface area contributed by atoms with Gasteiger partial charge in [0, 0.05) is 19.3 Å². The summed E-state index contributed by atoms with van der Waals surface area (Å²) < 4.78 is 16.8. The Hall–Kier alpha value is -1.59. The maximum absolute atomic E-state index is 12.7. The van der Waals surface area contributed by atoms with Crippen molar-refractivity contribution in [3.05, 3.63) is 0 Å². The van der Waals surface area contributed by atoms with Gasteiger partial charge in [-0.05, 0) is 25.2 Å². The molecule has 2 atom stereocenters. The van der Waals surface area contributed by atoms with Crippen LogP contribution >= 0.6 is 0 Å². The minimum Gasteiger partial charge on any atom is -0.462 e. The smallest absolute Gasteiger partial charge is 0.306 e. The second-order valence-electron chi connectivity index (χ2n) is 17.0. The van der Waals surface area contributed by atoms with E-state index in [9.17, 15) is 14.4 Å². The summed E-state index contributed by atoms with van der Waals surface area (Å²) in [5, 5.41) is 0. The summed E-state index contributed by atoms with van der Waals surface area (Å²) in [6.45, 7) is 9.01. The topological polar surface area (TPSA) is 78.9 Å². The van der Waals surface area contributed by atoms with E-state index in [1.165, 1.54) is 167 Å². The zero-order chi connectivity index (χ0) is 40.3. The van der Waals surface area contributed by atoms with Gasteiger partial charge in [-0.3, -0.25) is 14.4 Å². The van der Waals surface area contributed by atoms with Crippen LogP contribution in [0.15, 0.2) is 0 Å². The van der Waals surface area contributed by atoms with E-state index in [0.717, 1.165) is 63.7 Å². The van der Waals surface area contributed by atoms with Crippen LogP contribution in [0, 0.1) is 5.92 Å². The molecule has 0 spiro atoms. The van der Waals surface area contributed by atoms with Crippen LogP contribution in [0.25, 0.3) is 0 Å². The van der Waals surface area contributed by atoms with E-state index in [1.54, 1.807) is 0 Å². The molecule has 0 fully saturated rings. The monoisotopic (exact) mass is 779 g/mol. The predicted molar refractivity (Wildman–Crippen MR) is 233 cm³/mol. The molecule has 0 saturated carbocycles. The fraction of sp³-hybridized carbons (Fsp3) is 0.939. The van der Waals surface area contributed by atoms with Crippen molar-refractivity contribution in [1.82, 2.24) is 0 Å². The molecular formula is C49H94O6. The van der Waals surface area contributed by atoms with Crippen molar-refractivity contribution in [1.29, 1.82) is 0 Å². The number of carbonyl (C=O) groups excluding carboxylic acids is 3. The Morgan fingerprint density at radius 2 is 0.636 bits per heavy atom. The average molecular weight is 779 g/mol. The quantitative estimate of drug-likeness (QED) is 0.0348. The first-order chi connectivity index (χ1) is 26.9. The molecule has 0 aliphatic rings. The van der Waals surface area contributed by atoms with Gasteiger partial charge in [-0.1, -0.05) is 233 Å². The molecule has 0 aromatic carbocycles. The van der Waals surface area contributed by atoms with Crippen LogP contribution in [0.2, 0.25) is 0 Å². The SMILES string of the molecule is CCCCCCCCCCCCCCCC(=O)OC[C@H](COC(=O)CCCCCCCCCCCCCC)OC(=O)CCCCCCCCCCC(C)CC. The Bertz CT molecular complexity index is 828. The third-order valence-electron chi connectivity index (χ3n) is 11.4. The molecule has 6 heteroatoms. The molecule has 0 bridgehead atoms. The fourth-order valence-corrected chi connectivity index (χ4v) is 7.30. The van der Waals surface area contributed by atoms with Crippen LogP contribution < -0.4 is 0 Å². The first-order valence-electron chi connectivity index (χ1n) is 24.4. The third-order valence-corrected chi connectivity index (χ3v) is 11.4. The van der Waals surface area contributed by atoms with Crippen molar-refractivity contribution in [3.63, 3.8) is 0 Å². The molecule has 0 heterocycles. The Balaban J connectivity index is 4.33. The molecule has 0 saturated heterocycles. The number of ether oxygens (including phenoxy) is 3. The number of hydrogen-bond donors (Lipinski definition) is 0. The van der Waals surface area contributed by atoms with Crippen LogP contribution in [0.3, 0.4) is 0 Å². The number of rotatable bonds is 44. The molecule has 0 aliphatic heterocycles. The largest absolute Gasteiger partial charge is 0.462 e. The maximum atomic E-state index is 12.7. The van der Waals surface area contributed by atoms with Gasteiger partial charge in [0.2, 0.25) is 0 Å². The highest BCUT2D eigenvalue weighted by Gasteiger charge is 2.19. The molecule has 1 unspecified atom stereocenters. The van der Waals surface area contributed by atoms with Gasteiger partial charge in [-0.2, -0.15) is 0 Å². The zero-order valence-electron chi connectivity index (χ0n) is 37.4. The summed E-state index contributed by atoms with van der Waals surface area (Å²) in [6, 6.07) is 0. The number of unbranched alkanes of at least 4 members (excludes halogenated alkanes) is 30. The van der Waals surface area contributed by atoms with Crippen molar-refractivity contribution in [3.8, 4) is 0 Å². The van der Waals surface area contributed by atoms with Gasteiger partial charge < -0.3 is 14.2 Å². The normalized spacial score (nSPS) is 12.4. The summed E-state index contributed by atoms with van der Waals surface area (Å²) in [6.07, 6.45) is 43.6. The molecule has 0 radical (unpaired) electrons. The summed E-state index contributed by atoms with van der Waals surface area (Å²) >= 11 is 0. The highest BCUT2D eigenvalue weighted by Crippen LogP contribution is 2.17. The second kappa shape index (κ2) is 43.5. The summed E-state index contributed by atoms with van der Waals surface area (Å²) in [5.74, 6) is -0.00541. The van der Waals surface area contributed by atoms with Gasteiger partial charge >= 0.3 is 17.9 Å². The first kappa shape index (κ1) is 53.4. The molecular weight excluding hydrogens is 685 g/mol. The molecule has 326 valence electrons. The molecule has 6 nitrogen and oxygen atoms in total. The second-order valence-corrected chi connectivity index (χ2v) is 17.0. The van der Waals surface area contributed by atoms with Crippen LogP contribution in [0.4, 0.5) is 0 Å². The number of carbonyl (C=O) groups is 3. The van der Waals surface area contributed by atoms with E-state index in [2.05, 4.69) is 27.7 Å². The van der Waals surface area contributed by atoms with Crippen LogP contribution in [0.1, 0.15) is 272 Å². The van der Waals surface area contributed by atoms with Gasteiger partial charge in [0.05, 0.1) is 0 Å². The van der Waals surface area contributed by atoms with Crippen molar-refractivity contribution in [2.24, 2.45) is 5.92 Å². The highest BCUT2D eigenvalue weighted by atomic mass is 16.6. The standard InChI is InChI=1S/C49H94O6/c1-5-8-10-12-14-16-18-20-22-24-29-33-37-41-48(51)54-44-46(55-49(52)42-38-34-30-26-25-27-31-35-39-45(4)7-3)43-53-47(50)40-36-32-28-23-21-19-17-15-13-11-9-6-2/h45-46H,5-44H2,1-4H3/t45?,46-/m0/s1. The lowest BCUT2D eigenvalue weighted by atomic mass is 9.99.